The minimum Gasteiger partial charge on any atom is -0.507 e. The molecule has 0 aliphatic carbocycles. The highest BCUT2D eigenvalue weighted by atomic mass is 16.3. The molecule has 0 aliphatic rings. The first kappa shape index (κ1) is 17.1. The minimum atomic E-state index is -0.452. The van der Waals surface area contributed by atoms with E-state index in [1.165, 1.54) is 6.20 Å². The van der Waals surface area contributed by atoms with Crippen molar-refractivity contribution in [3.05, 3.63) is 84.1 Å². The molecule has 5 nitrogen and oxygen atoms in total. The van der Waals surface area contributed by atoms with Crippen LogP contribution in [0.15, 0.2) is 78.5 Å². The van der Waals surface area contributed by atoms with Crippen molar-refractivity contribution in [1.82, 2.24) is 5.32 Å². The van der Waals surface area contributed by atoms with Crippen molar-refractivity contribution < 1.29 is 9.90 Å². The maximum absolute atomic E-state index is 12.2. The highest BCUT2D eigenvalue weighted by Crippen LogP contribution is 2.29. The van der Waals surface area contributed by atoms with Gasteiger partial charge in [-0.3, -0.25) is 4.79 Å². The van der Waals surface area contributed by atoms with Gasteiger partial charge in [0.15, 0.2) is 0 Å². The fraction of sp³-hybridized carbons (Fsp3) is 0.0476. The first-order valence-corrected chi connectivity index (χ1v) is 8.08. The number of nitriles is 1. The molecule has 0 saturated heterocycles. The molecule has 128 valence electrons. The number of phenolic OH excluding ortho intramolecular Hbond substituents is 1. The van der Waals surface area contributed by atoms with Gasteiger partial charge in [0.1, 0.15) is 17.4 Å². The predicted molar refractivity (Wildman–Crippen MR) is 101 cm³/mol. The van der Waals surface area contributed by atoms with E-state index in [1.807, 2.05) is 48.5 Å². The summed E-state index contributed by atoms with van der Waals surface area (Å²) in [7, 11) is 0. The molecule has 0 atom stereocenters. The Morgan fingerprint density at radius 1 is 1.00 bits per heavy atom. The molecule has 0 bridgehead atoms. The van der Waals surface area contributed by atoms with E-state index in [2.05, 4.69) is 10.6 Å². The monoisotopic (exact) mass is 343 g/mol. The van der Waals surface area contributed by atoms with Crippen LogP contribution in [-0.4, -0.2) is 11.0 Å². The van der Waals surface area contributed by atoms with Crippen LogP contribution in [0.25, 0.3) is 10.8 Å². The molecule has 3 N–H and O–H groups in total. The van der Waals surface area contributed by atoms with E-state index in [0.717, 1.165) is 10.9 Å². The van der Waals surface area contributed by atoms with Crippen molar-refractivity contribution in [2.45, 2.75) is 6.54 Å². The van der Waals surface area contributed by atoms with Crippen molar-refractivity contribution >= 4 is 22.4 Å². The maximum atomic E-state index is 12.2. The van der Waals surface area contributed by atoms with Gasteiger partial charge in [-0.05, 0) is 17.7 Å². The van der Waals surface area contributed by atoms with Crippen molar-refractivity contribution in [2.75, 3.05) is 5.32 Å². The number of hydrogen-bond acceptors (Lipinski definition) is 4. The summed E-state index contributed by atoms with van der Waals surface area (Å²) in [6.07, 6.45) is 1.37. The van der Waals surface area contributed by atoms with Gasteiger partial charge in [-0.2, -0.15) is 5.26 Å². The number of anilines is 1. The van der Waals surface area contributed by atoms with Crippen LogP contribution < -0.4 is 10.6 Å². The zero-order valence-corrected chi connectivity index (χ0v) is 13.9. The van der Waals surface area contributed by atoms with Gasteiger partial charge in [-0.1, -0.05) is 54.6 Å². The maximum Gasteiger partial charge on any atom is 0.263 e. The highest BCUT2D eigenvalue weighted by molar-refractivity contribution is 6.00. The summed E-state index contributed by atoms with van der Waals surface area (Å²) in [6, 6.07) is 22.0. The molecule has 3 aromatic carbocycles. The molecule has 3 rings (SSSR count). The Balaban J connectivity index is 1.75. The molecule has 0 heterocycles. The lowest BCUT2D eigenvalue weighted by atomic mass is 10.1. The topological polar surface area (TPSA) is 85.2 Å². The van der Waals surface area contributed by atoms with E-state index in [4.69, 9.17) is 0 Å². The van der Waals surface area contributed by atoms with Crippen LogP contribution >= 0.6 is 0 Å². The minimum absolute atomic E-state index is 0.0295. The number of phenols is 1. The van der Waals surface area contributed by atoms with Gasteiger partial charge in [-0.15, -0.1) is 0 Å². The van der Waals surface area contributed by atoms with Crippen molar-refractivity contribution in [3.63, 3.8) is 0 Å². The number of nitrogens with one attached hydrogen (secondary N) is 2. The number of amides is 1. The average Bonchev–Trinajstić information content (AvgIpc) is 2.68. The van der Waals surface area contributed by atoms with Gasteiger partial charge in [0.2, 0.25) is 0 Å². The number of fused-ring (bicyclic) bond motifs is 1. The second-order valence-electron chi connectivity index (χ2n) is 5.66. The molecular weight excluding hydrogens is 326 g/mol. The number of hydrogen-bond donors (Lipinski definition) is 3. The Morgan fingerprint density at radius 3 is 2.50 bits per heavy atom. The molecule has 0 radical (unpaired) electrons. The third kappa shape index (κ3) is 3.82. The molecule has 0 saturated carbocycles. The van der Waals surface area contributed by atoms with Crippen LogP contribution in [0, 0.1) is 11.3 Å². The van der Waals surface area contributed by atoms with Crippen LogP contribution in [0.1, 0.15) is 5.56 Å². The second-order valence-corrected chi connectivity index (χ2v) is 5.66. The number of aromatic hydroxyl groups is 1. The molecule has 0 unspecified atom stereocenters. The van der Waals surface area contributed by atoms with E-state index < -0.39 is 5.91 Å². The number of carbonyl (C=O) groups is 1. The van der Waals surface area contributed by atoms with Gasteiger partial charge in [0.05, 0.1) is 0 Å². The molecule has 3 aromatic rings. The van der Waals surface area contributed by atoms with Gasteiger partial charge in [0.25, 0.3) is 5.91 Å². The van der Waals surface area contributed by atoms with Crippen molar-refractivity contribution in [1.29, 1.82) is 5.26 Å². The van der Waals surface area contributed by atoms with Gasteiger partial charge in [0, 0.05) is 29.2 Å². The fourth-order valence-electron chi connectivity index (χ4n) is 2.59. The summed E-state index contributed by atoms with van der Waals surface area (Å²) >= 11 is 0. The Hall–Kier alpha value is -3.78. The number of nitrogens with zero attached hydrogens (tertiary/aromatic N) is 1. The van der Waals surface area contributed by atoms with Crippen LogP contribution in [0.2, 0.25) is 0 Å². The lowest BCUT2D eigenvalue weighted by Crippen LogP contribution is -2.24. The van der Waals surface area contributed by atoms with E-state index >= 15 is 0 Å². The quantitative estimate of drug-likeness (QED) is 0.487. The summed E-state index contributed by atoms with van der Waals surface area (Å²) in [6.45, 7) is 0.348. The molecule has 1 amide bonds. The standard InChI is InChI=1S/C21H17N3O2/c22-12-16(21(26)24-13-15-6-2-1-3-7-15)14-23-19-10-4-9-18-17(19)8-5-11-20(18)25/h1-11,14,23,25H,13H2,(H,24,26)/b16-14-. The molecule has 5 heteroatoms. The molecular formula is C21H17N3O2. The largest absolute Gasteiger partial charge is 0.507 e. The zero-order chi connectivity index (χ0) is 18.4. The normalized spacial score (nSPS) is 11.0. The van der Waals surface area contributed by atoms with E-state index in [9.17, 15) is 15.2 Å². The Labute approximate surface area is 151 Å². The van der Waals surface area contributed by atoms with Gasteiger partial charge in [-0.25, -0.2) is 0 Å². The Kier molecular flexibility index (Phi) is 5.16. The summed E-state index contributed by atoms with van der Waals surface area (Å²) in [5, 5.41) is 26.4. The summed E-state index contributed by atoms with van der Waals surface area (Å²) in [4.78, 5) is 12.2. The zero-order valence-electron chi connectivity index (χ0n) is 13.9. The summed E-state index contributed by atoms with van der Waals surface area (Å²) in [5.41, 5.74) is 1.62. The van der Waals surface area contributed by atoms with Gasteiger partial charge < -0.3 is 15.7 Å². The number of carbonyl (C=O) groups excluding carboxylic acids is 1. The van der Waals surface area contributed by atoms with Gasteiger partial charge >= 0.3 is 0 Å². The number of rotatable bonds is 5. The van der Waals surface area contributed by atoms with Crippen LogP contribution in [0.4, 0.5) is 5.69 Å². The van der Waals surface area contributed by atoms with Crippen LogP contribution in [0.3, 0.4) is 0 Å². The molecule has 0 aliphatic heterocycles. The third-order valence-corrected chi connectivity index (χ3v) is 3.93. The Morgan fingerprint density at radius 2 is 1.73 bits per heavy atom. The van der Waals surface area contributed by atoms with E-state index in [1.54, 1.807) is 24.3 Å². The van der Waals surface area contributed by atoms with E-state index in [-0.39, 0.29) is 11.3 Å². The molecule has 26 heavy (non-hydrogen) atoms. The molecule has 0 spiro atoms. The fourth-order valence-corrected chi connectivity index (χ4v) is 2.59. The van der Waals surface area contributed by atoms with Crippen LogP contribution in [-0.2, 0) is 11.3 Å². The predicted octanol–water partition coefficient (Wildman–Crippen LogP) is 3.68. The van der Waals surface area contributed by atoms with Crippen molar-refractivity contribution in [2.24, 2.45) is 0 Å². The lowest BCUT2D eigenvalue weighted by molar-refractivity contribution is -0.117. The first-order chi connectivity index (χ1) is 12.7. The van der Waals surface area contributed by atoms with Crippen molar-refractivity contribution in [3.8, 4) is 11.8 Å². The number of benzene rings is 3. The average molecular weight is 343 g/mol. The third-order valence-electron chi connectivity index (χ3n) is 3.93. The second kappa shape index (κ2) is 7.86. The molecule has 0 aromatic heterocycles. The Bertz CT molecular complexity index is 1000. The van der Waals surface area contributed by atoms with Crippen LogP contribution in [0.5, 0.6) is 5.75 Å². The lowest BCUT2D eigenvalue weighted by Gasteiger charge is -2.08. The van der Waals surface area contributed by atoms with E-state index in [0.29, 0.717) is 17.6 Å². The smallest absolute Gasteiger partial charge is 0.263 e. The first-order valence-electron chi connectivity index (χ1n) is 8.08. The SMILES string of the molecule is N#C/C(=C/Nc1cccc2c(O)cccc12)C(=O)NCc1ccccc1. The highest BCUT2D eigenvalue weighted by Gasteiger charge is 2.09. The summed E-state index contributed by atoms with van der Waals surface area (Å²) in [5.74, 6) is -0.275. The molecule has 0 fully saturated rings. The summed E-state index contributed by atoms with van der Waals surface area (Å²) < 4.78 is 0.